The normalized spacial score (nSPS) is 11.1. The van der Waals surface area contributed by atoms with Gasteiger partial charge in [-0.2, -0.15) is 0 Å². The van der Waals surface area contributed by atoms with E-state index in [1.54, 1.807) is 19.1 Å². The lowest BCUT2D eigenvalue weighted by atomic mass is 10.2. The maximum Gasteiger partial charge on any atom is 0.323 e. The Morgan fingerprint density at radius 2 is 1.57 bits per heavy atom. The summed E-state index contributed by atoms with van der Waals surface area (Å²) in [5.41, 5.74) is 0.712. The predicted molar refractivity (Wildman–Crippen MR) is 112 cm³/mol. The van der Waals surface area contributed by atoms with E-state index in [4.69, 9.17) is 11.6 Å². The number of carbonyl (C=O) groups is 1. The molecule has 0 spiro atoms. The molecule has 156 valence electrons. The molecule has 0 unspecified atom stereocenters. The van der Waals surface area contributed by atoms with Crippen LogP contribution in [0.2, 0.25) is 5.02 Å². The minimum atomic E-state index is -3.95. The van der Waals surface area contributed by atoms with Crippen molar-refractivity contribution in [2.75, 3.05) is 15.4 Å². The molecule has 2 amide bonds. The zero-order chi connectivity index (χ0) is 21.9. The second kappa shape index (κ2) is 8.68. The first kappa shape index (κ1) is 21.5. The highest BCUT2D eigenvalue weighted by Crippen LogP contribution is 2.24. The van der Waals surface area contributed by atoms with Gasteiger partial charge in [0.1, 0.15) is 11.6 Å². The van der Waals surface area contributed by atoms with E-state index in [-0.39, 0.29) is 16.3 Å². The fourth-order valence-corrected chi connectivity index (χ4v) is 4.03. The molecule has 0 saturated carbocycles. The number of aryl methyl sites for hydroxylation is 1. The fraction of sp³-hybridized carbons (Fsp3) is 0.0500. The molecule has 0 fully saturated rings. The number of halogens is 3. The van der Waals surface area contributed by atoms with Crippen LogP contribution in [0.25, 0.3) is 0 Å². The standard InChI is InChI=1S/C20H16ClF2N3O3S/c1-12-2-6-16(24-20(27)25-18-9-5-14(22)10-17(18)23)11-19(12)30(28,29)26-15-7-3-13(21)4-8-15/h2-11,26H,1H3,(H2,24,25,27). The Balaban J connectivity index is 1.78. The van der Waals surface area contributed by atoms with Gasteiger partial charge in [-0.25, -0.2) is 22.0 Å². The number of carbonyl (C=O) groups excluding carboxylic acids is 1. The molecular weight excluding hydrogens is 436 g/mol. The molecule has 30 heavy (non-hydrogen) atoms. The molecule has 3 aromatic carbocycles. The van der Waals surface area contributed by atoms with Crippen molar-refractivity contribution in [3.63, 3.8) is 0 Å². The van der Waals surface area contributed by atoms with Crippen molar-refractivity contribution >= 4 is 44.7 Å². The highest BCUT2D eigenvalue weighted by Gasteiger charge is 2.18. The number of nitrogens with one attached hydrogen (secondary N) is 3. The molecule has 0 saturated heterocycles. The Morgan fingerprint density at radius 3 is 2.23 bits per heavy atom. The van der Waals surface area contributed by atoms with Crippen LogP contribution in [0.3, 0.4) is 0 Å². The van der Waals surface area contributed by atoms with Gasteiger partial charge < -0.3 is 10.6 Å². The van der Waals surface area contributed by atoms with Gasteiger partial charge in [0, 0.05) is 22.5 Å². The predicted octanol–water partition coefficient (Wildman–Crippen LogP) is 5.37. The summed E-state index contributed by atoms with van der Waals surface area (Å²) in [6.07, 6.45) is 0. The second-order valence-corrected chi connectivity index (χ2v) is 8.38. The molecule has 6 nitrogen and oxygen atoms in total. The van der Waals surface area contributed by atoms with Crippen LogP contribution in [-0.4, -0.2) is 14.4 Å². The minimum absolute atomic E-state index is 0.0526. The molecule has 10 heteroatoms. The second-order valence-electron chi connectivity index (χ2n) is 6.30. The fourth-order valence-electron chi connectivity index (χ4n) is 2.57. The van der Waals surface area contributed by atoms with Gasteiger partial charge in [-0.05, 0) is 61.0 Å². The van der Waals surface area contributed by atoms with Crippen molar-refractivity contribution in [1.29, 1.82) is 0 Å². The minimum Gasteiger partial charge on any atom is -0.308 e. The number of rotatable bonds is 5. The number of sulfonamides is 1. The molecule has 0 atom stereocenters. The van der Waals surface area contributed by atoms with Gasteiger partial charge in [0.15, 0.2) is 0 Å². The van der Waals surface area contributed by atoms with Gasteiger partial charge in [0.2, 0.25) is 0 Å². The molecule has 0 aliphatic rings. The SMILES string of the molecule is Cc1ccc(NC(=O)Nc2ccc(F)cc2F)cc1S(=O)(=O)Nc1ccc(Cl)cc1. The third-order valence-corrected chi connectivity index (χ3v) is 5.79. The van der Waals surface area contributed by atoms with E-state index in [0.29, 0.717) is 22.3 Å². The average Bonchev–Trinajstić information content (AvgIpc) is 2.67. The van der Waals surface area contributed by atoms with Crippen LogP contribution in [0.5, 0.6) is 0 Å². The molecule has 3 N–H and O–H groups in total. The first-order chi connectivity index (χ1) is 14.1. The Kier molecular flexibility index (Phi) is 6.23. The third-order valence-electron chi connectivity index (χ3n) is 4.01. The maximum absolute atomic E-state index is 13.7. The van der Waals surface area contributed by atoms with Gasteiger partial charge in [0.05, 0.1) is 10.6 Å². The third kappa shape index (κ3) is 5.25. The van der Waals surface area contributed by atoms with Gasteiger partial charge in [-0.15, -0.1) is 0 Å². The Labute approximate surface area is 176 Å². The lowest BCUT2D eigenvalue weighted by Gasteiger charge is -2.13. The van der Waals surface area contributed by atoms with E-state index in [2.05, 4.69) is 15.4 Å². The summed E-state index contributed by atoms with van der Waals surface area (Å²) in [4.78, 5) is 12.1. The number of benzene rings is 3. The highest BCUT2D eigenvalue weighted by molar-refractivity contribution is 7.92. The van der Waals surface area contributed by atoms with E-state index in [1.165, 1.54) is 30.3 Å². The molecule has 0 aliphatic heterocycles. The van der Waals surface area contributed by atoms with Crippen molar-refractivity contribution in [3.8, 4) is 0 Å². The Morgan fingerprint density at radius 1 is 0.900 bits per heavy atom. The van der Waals surface area contributed by atoms with Crippen LogP contribution in [0.4, 0.5) is 30.6 Å². The van der Waals surface area contributed by atoms with Crippen molar-refractivity contribution < 1.29 is 22.0 Å². The van der Waals surface area contributed by atoms with Crippen LogP contribution in [0, 0.1) is 18.6 Å². The van der Waals surface area contributed by atoms with Gasteiger partial charge in [-0.1, -0.05) is 17.7 Å². The van der Waals surface area contributed by atoms with Crippen LogP contribution in [-0.2, 0) is 10.0 Å². The lowest BCUT2D eigenvalue weighted by molar-refractivity contribution is 0.262. The van der Waals surface area contributed by atoms with E-state index in [0.717, 1.165) is 12.1 Å². The molecule has 0 bridgehead atoms. The Bertz CT molecular complexity index is 1200. The summed E-state index contributed by atoms with van der Waals surface area (Å²) in [6, 6.07) is 12.3. The number of amides is 2. The van der Waals surface area contributed by atoms with Crippen LogP contribution in [0.15, 0.2) is 65.6 Å². The molecule has 3 rings (SSSR count). The van der Waals surface area contributed by atoms with Crippen molar-refractivity contribution in [2.24, 2.45) is 0 Å². The van der Waals surface area contributed by atoms with E-state index in [9.17, 15) is 22.0 Å². The lowest BCUT2D eigenvalue weighted by Crippen LogP contribution is -2.21. The van der Waals surface area contributed by atoms with Gasteiger partial charge in [0.25, 0.3) is 10.0 Å². The number of urea groups is 1. The number of hydrogen-bond donors (Lipinski definition) is 3. The number of anilines is 3. The smallest absolute Gasteiger partial charge is 0.308 e. The molecule has 3 aromatic rings. The summed E-state index contributed by atoms with van der Waals surface area (Å²) >= 11 is 5.80. The monoisotopic (exact) mass is 451 g/mol. The van der Waals surface area contributed by atoms with E-state index < -0.39 is 27.7 Å². The largest absolute Gasteiger partial charge is 0.323 e. The topological polar surface area (TPSA) is 87.3 Å². The highest BCUT2D eigenvalue weighted by atomic mass is 35.5. The summed E-state index contributed by atoms with van der Waals surface area (Å²) in [7, 11) is -3.95. The first-order valence-corrected chi connectivity index (χ1v) is 10.4. The quantitative estimate of drug-likeness (QED) is 0.487. The summed E-state index contributed by atoms with van der Waals surface area (Å²) in [5.74, 6) is -1.72. The van der Waals surface area contributed by atoms with Crippen molar-refractivity contribution in [3.05, 3.63) is 82.9 Å². The summed E-state index contributed by atoms with van der Waals surface area (Å²) in [5, 5.41) is 5.12. The first-order valence-electron chi connectivity index (χ1n) is 8.56. The zero-order valence-electron chi connectivity index (χ0n) is 15.5. The molecule has 0 aliphatic carbocycles. The molecular formula is C20H16ClF2N3O3S. The zero-order valence-corrected chi connectivity index (χ0v) is 17.1. The van der Waals surface area contributed by atoms with Crippen LogP contribution in [0.1, 0.15) is 5.56 Å². The molecule has 0 radical (unpaired) electrons. The van der Waals surface area contributed by atoms with Crippen LogP contribution < -0.4 is 15.4 Å². The summed E-state index contributed by atoms with van der Waals surface area (Å²) < 4.78 is 54.6. The van der Waals surface area contributed by atoms with Gasteiger partial charge >= 0.3 is 6.03 Å². The van der Waals surface area contributed by atoms with E-state index >= 15 is 0 Å². The molecule has 0 aromatic heterocycles. The van der Waals surface area contributed by atoms with Crippen molar-refractivity contribution in [2.45, 2.75) is 11.8 Å². The van der Waals surface area contributed by atoms with Crippen LogP contribution >= 0.6 is 11.6 Å². The summed E-state index contributed by atoms with van der Waals surface area (Å²) in [6.45, 7) is 1.61. The average molecular weight is 452 g/mol. The molecule has 0 heterocycles. The van der Waals surface area contributed by atoms with E-state index in [1.807, 2.05) is 0 Å². The van der Waals surface area contributed by atoms with Crippen molar-refractivity contribution in [1.82, 2.24) is 0 Å². The Hall–Kier alpha value is -3.17. The maximum atomic E-state index is 13.7. The van der Waals surface area contributed by atoms with Gasteiger partial charge in [-0.3, -0.25) is 4.72 Å². The number of hydrogen-bond acceptors (Lipinski definition) is 3.